The van der Waals surface area contributed by atoms with E-state index in [0.29, 0.717) is 10.8 Å². The molecule has 0 aliphatic heterocycles. The van der Waals surface area contributed by atoms with Crippen LogP contribution in [0.15, 0.2) is 65.7 Å². The average Bonchev–Trinajstić information content (AvgIpc) is 3.19. The van der Waals surface area contributed by atoms with Gasteiger partial charge in [0.25, 0.3) is 11.6 Å². The predicted octanol–water partition coefficient (Wildman–Crippen LogP) is 3.22. The highest BCUT2D eigenvalue weighted by Gasteiger charge is 2.22. The Balaban J connectivity index is 1.84. The van der Waals surface area contributed by atoms with Gasteiger partial charge in [0.2, 0.25) is 0 Å². The van der Waals surface area contributed by atoms with Gasteiger partial charge in [0, 0.05) is 30.8 Å². The Morgan fingerprint density at radius 3 is 2.46 bits per heavy atom. The Kier molecular flexibility index (Phi) is 6.01. The molecule has 0 spiro atoms. The summed E-state index contributed by atoms with van der Waals surface area (Å²) in [5, 5.41) is 16.3. The minimum Gasteiger partial charge on any atom is -0.454 e. The predicted molar refractivity (Wildman–Crippen MR) is 129 cm³/mol. The number of nitrogens with zero attached hydrogens (tertiary/aromatic N) is 3. The molecule has 0 fully saturated rings. The molecule has 0 saturated heterocycles. The molecule has 0 aliphatic carbocycles. The van der Waals surface area contributed by atoms with Gasteiger partial charge in [-0.25, -0.2) is 8.42 Å². The fourth-order valence-corrected chi connectivity index (χ4v) is 4.22. The standard InChI is InChI=1S/C22H20N6O6S/c1-27-22(18(12-24-27)35(2,32)33)26-25-19-16-6-4-3-5-13(16)11-17(21(23)29)20(19)34-15-9-7-14(8-10-15)28(30)31/h3-12,25-26H,1-2H3,(H2,23,29). The maximum absolute atomic E-state index is 12.3. The second-order valence-corrected chi connectivity index (χ2v) is 9.55. The summed E-state index contributed by atoms with van der Waals surface area (Å²) in [6.45, 7) is 0. The van der Waals surface area contributed by atoms with E-state index in [-0.39, 0.29) is 39.2 Å². The number of amides is 1. The van der Waals surface area contributed by atoms with Gasteiger partial charge in [-0.05, 0) is 23.6 Å². The Morgan fingerprint density at radius 1 is 1.14 bits per heavy atom. The molecule has 0 unspecified atom stereocenters. The second kappa shape index (κ2) is 8.95. The van der Waals surface area contributed by atoms with E-state index in [0.717, 1.165) is 6.26 Å². The zero-order valence-corrected chi connectivity index (χ0v) is 19.4. The minimum atomic E-state index is -3.60. The van der Waals surface area contributed by atoms with Crippen LogP contribution in [0.5, 0.6) is 11.5 Å². The van der Waals surface area contributed by atoms with Crippen LogP contribution < -0.4 is 21.3 Å². The van der Waals surface area contributed by atoms with Crippen LogP contribution in [0.1, 0.15) is 10.4 Å². The van der Waals surface area contributed by atoms with E-state index >= 15 is 0 Å². The van der Waals surface area contributed by atoms with Gasteiger partial charge in [0.15, 0.2) is 21.4 Å². The summed E-state index contributed by atoms with van der Waals surface area (Å²) in [5.41, 5.74) is 11.6. The molecule has 1 heterocycles. The van der Waals surface area contributed by atoms with Gasteiger partial charge in [0.05, 0.1) is 16.7 Å². The van der Waals surface area contributed by atoms with Crippen molar-refractivity contribution in [1.82, 2.24) is 9.78 Å². The molecule has 0 saturated carbocycles. The third-order valence-electron chi connectivity index (χ3n) is 5.15. The summed E-state index contributed by atoms with van der Waals surface area (Å²) in [4.78, 5) is 22.7. The molecular weight excluding hydrogens is 476 g/mol. The molecule has 3 aromatic carbocycles. The first kappa shape index (κ1) is 23.5. The summed E-state index contributed by atoms with van der Waals surface area (Å²) in [6, 6.07) is 14.0. The molecule has 0 bridgehead atoms. The number of benzene rings is 3. The minimum absolute atomic E-state index is 0.0410. The van der Waals surface area contributed by atoms with Crippen molar-refractivity contribution < 1.29 is 22.9 Å². The van der Waals surface area contributed by atoms with E-state index in [2.05, 4.69) is 16.0 Å². The molecule has 12 nitrogen and oxygen atoms in total. The number of hydrogen-bond donors (Lipinski definition) is 3. The van der Waals surface area contributed by atoms with Gasteiger partial charge in [-0.1, -0.05) is 24.3 Å². The van der Waals surface area contributed by atoms with Crippen LogP contribution in [0, 0.1) is 10.1 Å². The molecular formula is C22H20N6O6S. The van der Waals surface area contributed by atoms with Crippen LogP contribution in [-0.2, 0) is 16.9 Å². The highest BCUT2D eigenvalue weighted by Crippen LogP contribution is 2.40. The number of rotatable bonds is 8. The largest absolute Gasteiger partial charge is 0.454 e. The normalized spacial score (nSPS) is 11.3. The number of sulfone groups is 1. The molecule has 1 amide bonds. The van der Waals surface area contributed by atoms with Crippen molar-refractivity contribution in [3.05, 3.63) is 76.5 Å². The van der Waals surface area contributed by atoms with Crippen LogP contribution in [0.25, 0.3) is 10.8 Å². The number of nitro groups is 1. The highest BCUT2D eigenvalue weighted by molar-refractivity contribution is 7.90. The first-order valence-electron chi connectivity index (χ1n) is 10.1. The van der Waals surface area contributed by atoms with E-state index in [1.54, 1.807) is 37.4 Å². The first-order chi connectivity index (χ1) is 16.6. The second-order valence-electron chi connectivity index (χ2n) is 7.57. The molecule has 4 N–H and O–H groups in total. The number of non-ortho nitro benzene ring substituents is 1. The number of nitrogens with one attached hydrogen (secondary N) is 2. The molecule has 13 heteroatoms. The number of fused-ring (bicyclic) bond motifs is 1. The molecule has 35 heavy (non-hydrogen) atoms. The maximum atomic E-state index is 12.3. The fraction of sp³-hybridized carbons (Fsp3) is 0.0909. The fourth-order valence-electron chi connectivity index (χ4n) is 3.45. The Labute approximate surface area is 199 Å². The first-order valence-corrected chi connectivity index (χ1v) is 12.0. The zero-order chi connectivity index (χ0) is 25.3. The monoisotopic (exact) mass is 496 g/mol. The number of aromatic nitrogens is 2. The summed E-state index contributed by atoms with van der Waals surface area (Å²) >= 11 is 0. The Bertz CT molecular complexity index is 1560. The van der Waals surface area contributed by atoms with E-state index < -0.39 is 20.7 Å². The summed E-state index contributed by atoms with van der Waals surface area (Å²) in [6.07, 6.45) is 2.27. The van der Waals surface area contributed by atoms with Gasteiger partial charge < -0.3 is 10.5 Å². The van der Waals surface area contributed by atoms with Crippen molar-refractivity contribution in [2.24, 2.45) is 12.8 Å². The molecule has 4 rings (SSSR count). The lowest BCUT2D eigenvalue weighted by atomic mass is 10.0. The number of carbonyl (C=O) groups is 1. The summed E-state index contributed by atoms with van der Waals surface area (Å²) in [5.74, 6) is -0.357. The van der Waals surface area contributed by atoms with Crippen LogP contribution in [0.3, 0.4) is 0 Å². The Hall–Kier alpha value is -4.65. The molecule has 4 aromatic rings. The van der Waals surface area contributed by atoms with Gasteiger partial charge in [-0.15, -0.1) is 0 Å². The lowest BCUT2D eigenvalue weighted by molar-refractivity contribution is -0.384. The maximum Gasteiger partial charge on any atom is 0.269 e. The van der Waals surface area contributed by atoms with Crippen molar-refractivity contribution in [2.75, 3.05) is 17.1 Å². The number of nitrogens with two attached hydrogens (primary N) is 1. The third-order valence-corrected chi connectivity index (χ3v) is 6.24. The number of hydrogen-bond acceptors (Lipinski definition) is 9. The number of aryl methyl sites for hydroxylation is 1. The molecule has 0 aliphatic rings. The van der Waals surface area contributed by atoms with Crippen molar-refractivity contribution in [1.29, 1.82) is 0 Å². The molecule has 0 radical (unpaired) electrons. The van der Waals surface area contributed by atoms with Gasteiger partial charge in [-0.3, -0.25) is 30.4 Å². The van der Waals surface area contributed by atoms with Crippen molar-refractivity contribution >= 4 is 43.7 Å². The van der Waals surface area contributed by atoms with E-state index in [1.165, 1.54) is 35.1 Å². The van der Waals surface area contributed by atoms with Crippen LogP contribution >= 0.6 is 0 Å². The van der Waals surface area contributed by atoms with Gasteiger partial charge >= 0.3 is 0 Å². The van der Waals surface area contributed by atoms with E-state index in [1.807, 2.05) is 0 Å². The highest BCUT2D eigenvalue weighted by atomic mass is 32.2. The van der Waals surface area contributed by atoms with Crippen LogP contribution in [0.4, 0.5) is 17.2 Å². The quantitative estimate of drug-likeness (QED) is 0.245. The van der Waals surface area contributed by atoms with Crippen molar-refractivity contribution in [3.8, 4) is 11.5 Å². The SMILES string of the molecule is Cn1ncc(S(C)(=O)=O)c1NNc1c(Oc2ccc([N+](=O)[O-])cc2)c(C(N)=O)cc2ccccc12. The third kappa shape index (κ3) is 4.70. The molecule has 180 valence electrons. The Morgan fingerprint density at radius 2 is 1.83 bits per heavy atom. The number of carbonyl (C=O) groups excluding carboxylic acids is 1. The number of hydrazine groups is 1. The number of ether oxygens (including phenoxy) is 1. The van der Waals surface area contributed by atoms with Crippen LogP contribution in [0.2, 0.25) is 0 Å². The van der Waals surface area contributed by atoms with Gasteiger partial charge in [0.1, 0.15) is 16.3 Å². The van der Waals surface area contributed by atoms with Crippen molar-refractivity contribution in [2.45, 2.75) is 4.90 Å². The number of primary amides is 1. The topological polar surface area (TPSA) is 171 Å². The molecule has 0 atom stereocenters. The lowest BCUT2D eigenvalue weighted by Gasteiger charge is -2.19. The zero-order valence-electron chi connectivity index (χ0n) is 18.6. The smallest absolute Gasteiger partial charge is 0.269 e. The number of nitro benzene ring substituents is 1. The lowest BCUT2D eigenvalue weighted by Crippen LogP contribution is -2.18. The summed E-state index contributed by atoms with van der Waals surface area (Å²) < 4.78 is 31.6. The van der Waals surface area contributed by atoms with Crippen molar-refractivity contribution in [3.63, 3.8) is 0 Å². The molecule has 1 aromatic heterocycles. The van der Waals surface area contributed by atoms with Crippen LogP contribution in [-0.4, -0.2) is 35.3 Å². The average molecular weight is 497 g/mol. The number of anilines is 2. The summed E-state index contributed by atoms with van der Waals surface area (Å²) in [7, 11) is -2.04. The van der Waals surface area contributed by atoms with E-state index in [4.69, 9.17) is 10.5 Å². The van der Waals surface area contributed by atoms with Gasteiger partial charge in [-0.2, -0.15) is 5.10 Å². The van der Waals surface area contributed by atoms with E-state index in [9.17, 15) is 23.3 Å².